The molecule has 0 spiro atoms. The Morgan fingerprint density at radius 3 is 2.71 bits per heavy atom. The molecule has 2 rings (SSSR count). The third kappa shape index (κ3) is 3.00. The fraction of sp³-hybridized carbons (Fsp3) is 0.375. The van der Waals surface area contributed by atoms with E-state index in [2.05, 4.69) is 62.4 Å². The van der Waals surface area contributed by atoms with Crippen molar-refractivity contribution in [2.75, 3.05) is 0 Å². The molecular formula is C16H20O. The SMILES string of the molecule is CCCC1=CC=CC(C(C)c2ccccc2)O1. The summed E-state index contributed by atoms with van der Waals surface area (Å²) in [5.41, 5.74) is 1.33. The van der Waals surface area contributed by atoms with Crippen LogP contribution in [-0.2, 0) is 4.74 Å². The van der Waals surface area contributed by atoms with Crippen LogP contribution < -0.4 is 0 Å². The normalized spacial score (nSPS) is 20.6. The molecule has 0 radical (unpaired) electrons. The monoisotopic (exact) mass is 228 g/mol. The Morgan fingerprint density at radius 1 is 1.24 bits per heavy atom. The maximum absolute atomic E-state index is 6.02. The predicted octanol–water partition coefficient (Wildman–Crippen LogP) is 4.43. The lowest BCUT2D eigenvalue weighted by Gasteiger charge is -2.26. The van der Waals surface area contributed by atoms with Crippen LogP contribution in [-0.4, -0.2) is 6.10 Å². The van der Waals surface area contributed by atoms with Gasteiger partial charge < -0.3 is 4.74 Å². The molecule has 90 valence electrons. The Labute approximate surface area is 104 Å². The van der Waals surface area contributed by atoms with Gasteiger partial charge in [-0.25, -0.2) is 0 Å². The van der Waals surface area contributed by atoms with Crippen LogP contribution in [0.15, 0.2) is 54.3 Å². The maximum Gasteiger partial charge on any atom is 0.123 e. The van der Waals surface area contributed by atoms with Gasteiger partial charge in [-0.05, 0) is 24.1 Å². The summed E-state index contributed by atoms with van der Waals surface area (Å²) >= 11 is 0. The fourth-order valence-electron chi connectivity index (χ4n) is 2.13. The zero-order valence-corrected chi connectivity index (χ0v) is 10.6. The summed E-state index contributed by atoms with van der Waals surface area (Å²) in [6, 6.07) is 10.6. The molecule has 2 atom stereocenters. The van der Waals surface area contributed by atoms with Crippen LogP contribution in [0, 0.1) is 0 Å². The first-order valence-electron chi connectivity index (χ1n) is 6.40. The van der Waals surface area contributed by atoms with Gasteiger partial charge in [0.2, 0.25) is 0 Å². The lowest BCUT2D eigenvalue weighted by molar-refractivity contribution is 0.123. The topological polar surface area (TPSA) is 9.23 Å². The minimum Gasteiger partial charge on any atom is -0.490 e. The summed E-state index contributed by atoms with van der Waals surface area (Å²) in [4.78, 5) is 0. The Morgan fingerprint density at radius 2 is 2.00 bits per heavy atom. The van der Waals surface area contributed by atoms with E-state index in [0.717, 1.165) is 18.6 Å². The molecule has 1 aromatic carbocycles. The first-order valence-corrected chi connectivity index (χ1v) is 6.40. The largest absolute Gasteiger partial charge is 0.490 e. The van der Waals surface area contributed by atoms with Gasteiger partial charge in [0, 0.05) is 12.3 Å². The maximum atomic E-state index is 6.02. The van der Waals surface area contributed by atoms with Crippen molar-refractivity contribution in [2.45, 2.75) is 38.7 Å². The second-order valence-electron chi connectivity index (χ2n) is 4.55. The summed E-state index contributed by atoms with van der Waals surface area (Å²) in [7, 11) is 0. The van der Waals surface area contributed by atoms with Crippen molar-refractivity contribution in [3.63, 3.8) is 0 Å². The zero-order chi connectivity index (χ0) is 12.1. The van der Waals surface area contributed by atoms with Gasteiger partial charge in [0.05, 0.1) is 5.76 Å². The minimum atomic E-state index is 0.170. The van der Waals surface area contributed by atoms with Crippen LogP contribution >= 0.6 is 0 Å². The molecule has 2 unspecified atom stereocenters. The van der Waals surface area contributed by atoms with Crippen molar-refractivity contribution in [1.29, 1.82) is 0 Å². The van der Waals surface area contributed by atoms with E-state index < -0.39 is 0 Å². The van der Waals surface area contributed by atoms with E-state index in [0.29, 0.717) is 5.92 Å². The molecule has 17 heavy (non-hydrogen) atoms. The Balaban J connectivity index is 2.05. The summed E-state index contributed by atoms with van der Waals surface area (Å²) in [6.07, 6.45) is 8.69. The quantitative estimate of drug-likeness (QED) is 0.740. The van der Waals surface area contributed by atoms with Crippen molar-refractivity contribution >= 4 is 0 Å². The lowest BCUT2D eigenvalue weighted by Crippen LogP contribution is -2.19. The van der Waals surface area contributed by atoms with Crippen molar-refractivity contribution < 1.29 is 4.74 Å². The molecule has 0 aromatic heterocycles. The molecule has 1 aliphatic rings. The molecule has 1 heterocycles. The van der Waals surface area contributed by atoms with Crippen molar-refractivity contribution in [2.24, 2.45) is 0 Å². The van der Waals surface area contributed by atoms with Crippen molar-refractivity contribution in [1.82, 2.24) is 0 Å². The number of rotatable bonds is 4. The highest BCUT2D eigenvalue weighted by Crippen LogP contribution is 2.27. The van der Waals surface area contributed by atoms with Crippen LogP contribution in [0.25, 0.3) is 0 Å². The molecule has 1 nitrogen and oxygen atoms in total. The van der Waals surface area contributed by atoms with Crippen LogP contribution in [0.2, 0.25) is 0 Å². The Hall–Kier alpha value is -1.50. The molecule has 1 heteroatoms. The highest BCUT2D eigenvalue weighted by Gasteiger charge is 2.20. The minimum absolute atomic E-state index is 0.170. The average Bonchev–Trinajstić information content (AvgIpc) is 2.40. The highest BCUT2D eigenvalue weighted by atomic mass is 16.5. The molecule has 1 aromatic rings. The van der Waals surface area contributed by atoms with Gasteiger partial charge in [-0.3, -0.25) is 0 Å². The van der Waals surface area contributed by atoms with E-state index in [1.54, 1.807) is 0 Å². The third-order valence-electron chi connectivity index (χ3n) is 3.18. The zero-order valence-electron chi connectivity index (χ0n) is 10.6. The van der Waals surface area contributed by atoms with E-state index >= 15 is 0 Å². The van der Waals surface area contributed by atoms with Gasteiger partial charge in [-0.2, -0.15) is 0 Å². The average molecular weight is 228 g/mol. The van der Waals surface area contributed by atoms with Gasteiger partial charge in [-0.15, -0.1) is 0 Å². The molecule has 0 aliphatic carbocycles. The molecular weight excluding hydrogens is 208 g/mol. The molecule has 0 saturated carbocycles. The van der Waals surface area contributed by atoms with Crippen LogP contribution in [0.3, 0.4) is 0 Å². The van der Waals surface area contributed by atoms with Crippen molar-refractivity contribution in [3.8, 4) is 0 Å². The second kappa shape index (κ2) is 5.72. The summed E-state index contributed by atoms with van der Waals surface area (Å²) in [6.45, 7) is 4.40. The number of hydrogen-bond acceptors (Lipinski definition) is 1. The van der Waals surface area contributed by atoms with E-state index in [1.165, 1.54) is 5.56 Å². The van der Waals surface area contributed by atoms with Gasteiger partial charge in [-0.1, -0.05) is 50.3 Å². The summed E-state index contributed by atoms with van der Waals surface area (Å²) < 4.78 is 6.02. The molecule has 0 amide bonds. The van der Waals surface area contributed by atoms with E-state index in [9.17, 15) is 0 Å². The van der Waals surface area contributed by atoms with E-state index in [1.807, 2.05) is 0 Å². The summed E-state index contributed by atoms with van der Waals surface area (Å²) in [5, 5.41) is 0. The van der Waals surface area contributed by atoms with Crippen LogP contribution in [0.4, 0.5) is 0 Å². The number of allylic oxidation sites excluding steroid dienone is 3. The number of hydrogen-bond donors (Lipinski definition) is 0. The molecule has 1 aliphatic heterocycles. The Bertz CT molecular complexity index is 403. The standard InChI is InChI=1S/C16H20O/c1-3-8-15-11-7-12-16(17-15)13(2)14-9-5-4-6-10-14/h4-7,9-13,16H,3,8H2,1-2H3. The molecule has 0 saturated heterocycles. The van der Waals surface area contributed by atoms with Crippen LogP contribution in [0.5, 0.6) is 0 Å². The van der Waals surface area contributed by atoms with E-state index in [4.69, 9.17) is 4.74 Å². The third-order valence-corrected chi connectivity index (χ3v) is 3.18. The number of ether oxygens (including phenoxy) is 1. The van der Waals surface area contributed by atoms with E-state index in [-0.39, 0.29) is 6.10 Å². The Kier molecular flexibility index (Phi) is 4.03. The fourth-order valence-corrected chi connectivity index (χ4v) is 2.13. The van der Waals surface area contributed by atoms with Gasteiger partial charge in [0.15, 0.2) is 0 Å². The van der Waals surface area contributed by atoms with Gasteiger partial charge in [0.25, 0.3) is 0 Å². The predicted molar refractivity (Wildman–Crippen MR) is 71.9 cm³/mol. The van der Waals surface area contributed by atoms with Gasteiger partial charge in [0.1, 0.15) is 6.10 Å². The first kappa shape index (κ1) is 12.0. The lowest BCUT2D eigenvalue weighted by atomic mass is 9.94. The first-order chi connectivity index (χ1) is 8.31. The summed E-state index contributed by atoms with van der Waals surface area (Å²) in [5.74, 6) is 1.51. The smallest absolute Gasteiger partial charge is 0.123 e. The van der Waals surface area contributed by atoms with Crippen molar-refractivity contribution in [3.05, 3.63) is 59.9 Å². The second-order valence-corrected chi connectivity index (χ2v) is 4.55. The highest BCUT2D eigenvalue weighted by molar-refractivity contribution is 5.24. The van der Waals surface area contributed by atoms with Gasteiger partial charge >= 0.3 is 0 Å². The van der Waals surface area contributed by atoms with Crippen LogP contribution in [0.1, 0.15) is 38.2 Å². The molecule has 0 fully saturated rings. The molecule has 0 N–H and O–H groups in total. The number of benzene rings is 1. The molecule has 0 bridgehead atoms.